The van der Waals surface area contributed by atoms with Crippen LogP contribution in [0.2, 0.25) is 0 Å². The van der Waals surface area contributed by atoms with Crippen molar-refractivity contribution in [1.29, 1.82) is 0 Å². The lowest BCUT2D eigenvalue weighted by atomic mass is 9.91. The van der Waals surface area contributed by atoms with Gasteiger partial charge in [-0.1, -0.05) is 18.2 Å². The maximum absolute atomic E-state index is 10.2. The van der Waals surface area contributed by atoms with Gasteiger partial charge in [0.2, 0.25) is 0 Å². The van der Waals surface area contributed by atoms with Gasteiger partial charge >= 0.3 is 0 Å². The number of β-amino-alcohol motifs (C(OH)–C–C–N with tert-alkyl or cyclic N) is 1. The fourth-order valence-electron chi connectivity index (χ4n) is 3.19. The highest BCUT2D eigenvalue weighted by Crippen LogP contribution is 2.27. The summed E-state index contributed by atoms with van der Waals surface area (Å²) >= 11 is 0. The number of piperidine rings is 1. The second kappa shape index (κ2) is 7.62. The number of aliphatic hydroxyl groups is 1. The lowest BCUT2D eigenvalue weighted by Gasteiger charge is -2.32. The summed E-state index contributed by atoms with van der Waals surface area (Å²) in [6.07, 6.45) is 5.69. The zero-order chi connectivity index (χ0) is 16.1. The molecular weight excluding hydrogens is 290 g/mol. The number of nitrogens with one attached hydrogen (secondary N) is 1. The highest BCUT2D eigenvalue weighted by molar-refractivity contribution is 5.31. The average molecular weight is 315 g/mol. The maximum Gasteiger partial charge on any atom is 0.122 e. The van der Waals surface area contributed by atoms with Crippen molar-refractivity contribution in [1.82, 2.24) is 15.1 Å². The number of hydrogen-bond acceptors (Lipinski definition) is 4. The van der Waals surface area contributed by atoms with Gasteiger partial charge in [0.15, 0.2) is 0 Å². The van der Waals surface area contributed by atoms with E-state index in [2.05, 4.69) is 15.1 Å². The maximum atomic E-state index is 10.2. The number of likely N-dealkylation sites (tertiary alicyclic amines) is 1. The Morgan fingerprint density at radius 3 is 2.83 bits per heavy atom. The number of benzene rings is 1. The molecular formula is C18H25N3O2. The van der Waals surface area contributed by atoms with E-state index >= 15 is 0 Å². The Bertz CT molecular complexity index is 592. The summed E-state index contributed by atoms with van der Waals surface area (Å²) in [6, 6.07) is 7.90. The van der Waals surface area contributed by atoms with E-state index in [0.717, 1.165) is 37.2 Å². The van der Waals surface area contributed by atoms with Gasteiger partial charge in [0.05, 0.1) is 6.20 Å². The quantitative estimate of drug-likeness (QED) is 0.859. The molecule has 1 fully saturated rings. The van der Waals surface area contributed by atoms with Crippen LogP contribution in [0.25, 0.3) is 0 Å². The topological polar surface area (TPSA) is 61.4 Å². The average Bonchev–Trinajstić information content (AvgIpc) is 3.09. The van der Waals surface area contributed by atoms with Gasteiger partial charge in [-0.05, 0) is 56.0 Å². The number of nitrogens with zero attached hydrogens (tertiary/aromatic N) is 2. The lowest BCUT2D eigenvalue weighted by molar-refractivity contribution is 0.0592. The van der Waals surface area contributed by atoms with Gasteiger partial charge in [0, 0.05) is 12.7 Å². The number of aliphatic hydroxyl groups excluding tert-OH is 1. The Kier molecular flexibility index (Phi) is 5.31. The smallest absolute Gasteiger partial charge is 0.122 e. The van der Waals surface area contributed by atoms with Gasteiger partial charge in [-0.15, -0.1) is 0 Å². The molecule has 1 unspecified atom stereocenters. The zero-order valence-electron chi connectivity index (χ0n) is 13.6. The number of aryl methyl sites for hydroxylation is 1. The molecule has 2 N–H and O–H groups in total. The number of aromatic nitrogens is 2. The predicted octanol–water partition coefficient (Wildman–Crippen LogP) is 2.34. The minimum Gasteiger partial charge on any atom is -0.491 e. The van der Waals surface area contributed by atoms with Gasteiger partial charge in [-0.25, -0.2) is 0 Å². The molecule has 0 amide bonds. The summed E-state index contributed by atoms with van der Waals surface area (Å²) in [5.74, 6) is 1.44. The summed E-state index contributed by atoms with van der Waals surface area (Å²) in [6.45, 7) is 5.05. The van der Waals surface area contributed by atoms with Crippen molar-refractivity contribution in [2.75, 3.05) is 26.2 Å². The summed E-state index contributed by atoms with van der Waals surface area (Å²) in [5, 5.41) is 17.1. The van der Waals surface area contributed by atoms with Crippen LogP contribution in [0.15, 0.2) is 36.7 Å². The lowest BCUT2D eigenvalue weighted by Crippen LogP contribution is -2.40. The largest absolute Gasteiger partial charge is 0.491 e. The monoisotopic (exact) mass is 315 g/mol. The molecule has 1 aromatic carbocycles. The van der Waals surface area contributed by atoms with Crippen molar-refractivity contribution in [2.45, 2.75) is 31.8 Å². The molecule has 1 aliphatic rings. The molecule has 0 bridgehead atoms. The number of ether oxygens (including phenoxy) is 1. The third-order valence-corrected chi connectivity index (χ3v) is 4.57. The van der Waals surface area contributed by atoms with Crippen molar-refractivity contribution in [3.05, 3.63) is 47.8 Å². The number of H-pyrrole nitrogens is 1. The van der Waals surface area contributed by atoms with Crippen molar-refractivity contribution < 1.29 is 9.84 Å². The summed E-state index contributed by atoms with van der Waals surface area (Å²) in [4.78, 5) is 2.32. The molecule has 0 saturated carbocycles. The van der Waals surface area contributed by atoms with Crippen LogP contribution in [-0.2, 0) is 0 Å². The van der Waals surface area contributed by atoms with E-state index in [1.54, 1.807) is 0 Å². The molecule has 1 atom stereocenters. The Labute approximate surface area is 137 Å². The highest BCUT2D eigenvalue weighted by atomic mass is 16.5. The molecule has 23 heavy (non-hydrogen) atoms. The molecule has 2 aromatic rings. The second-order valence-corrected chi connectivity index (χ2v) is 6.34. The molecule has 2 heterocycles. The van der Waals surface area contributed by atoms with Crippen LogP contribution in [0.3, 0.4) is 0 Å². The fourth-order valence-corrected chi connectivity index (χ4v) is 3.19. The summed E-state index contributed by atoms with van der Waals surface area (Å²) in [5.41, 5.74) is 2.40. The predicted molar refractivity (Wildman–Crippen MR) is 89.7 cm³/mol. The molecule has 5 heteroatoms. The minimum absolute atomic E-state index is 0.340. The van der Waals surface area contributed by atoms with Crippen LogP contribution in [0.1, 0.15) is 29.9 Å². The normalized spacial score (nSPS) is 18.0. The second-order valence-electron chi connectivity index (χ2n) is 6.34. The molecule has 3 rings (SSSR count). The van der Waals surface area contributed by atoms with Crippen LogP contribution in [0.5, 0.6) is 5.75 Å². The van der Waals surface area contributed by atoms with Crippen molar-refractivity contribution in [3.63, 3.8) is 0 Å². The third-order valence-electron chi connectivity index (χ3n) is 4.57. The summed E-state index contributed by atoms with van der Waals surface area (Å²) < 4.78 is 5.73. The minimum atomic E-state index is -0.458. The molecule has 0 radical (unpaired) electrons. The molecule has 5 nitrogen and oxygen atoms in total. The van der Waals surface area contributed by atoms with Crippen molar-refractivity contribution in [3.8, 4) is 5.75 Å². The van der Waals surface area contributed by atoms with E-state index in [-0.39, 0.29) is 0 Å². The van der Waals surface area contributed by atoms with Crippen LogP contribution >= 0.6 is 0 Å². The van der Waals surface area contributed by atoms with Gasteiger partial charge in [0.1, 0.15) is 18.5 Å². The van der Waals surface area contributed by atoms with Gasteiger partial charge in [-0.2, -0.15) is 5.10 Å². The molecule has 124 valence electrons. The molecule has 1 aromatic heterocycles. The van der Waals surface area contributed by atoms with Crippen molar-refractivity contribution in [2.24, 2.45) is 0 Å². The van der Waals surface area contributed by atoms with Gasteiger partial charge in [-0.3, -0.25) is 5.10 Å². The SMILES string of the molecule is Cc1ccccc1OCC(O)CN1CCC(c2cn[nH]c2)CC1. The van der Waals surface area contributed by atoms with Crippen LogP contribution in [-0.4, -0.2) is 52.5 Å². The number of para-hydroxylation sites is 1. The fraction of sp³-hybridized carbons (Fsp3) is 0.500. The summed E-state index contributed by atoms with van der Waals surface area (Å²) in [7, 11) is 0. The first-order valence-electron chi connectivity index (χ1n) is 8.30. The van der Waals surface area contributed by atoms with Crippen LogP contribution in [0, 0.1) is 6.92 Å². The van der Waals surface area contributed by atoms with Crippen LogP contribution < -0.4 is 4.74 Å². The standard InChI is InChI=1S/C18H25N3O2/c1-14-4-2-3-5-18(14)23-13-17(22)12-21-8-6-15(7-9-21)16-10-19-20-11-16/h2-5,10-11,15,17,22H,6-9,12-13H2,1H3,(H,19,20). The molecule has 1 aliphatic heterocycles. The highest BCUT2D eigenvalue weighted by Gasteiger charge is 2.22. The van der Waals surface area contributed by atoms with E-state index in [1.165, 1.54) is 5.56 Å². The van der Waals surface area contributed by atoms with E-state index in [1.807, 2.05) is 43.6 Å². The van der Waals surface area contributed by atoms with Crippen molar-refractivity contribution >= 4 is 0 Å². The Morgan fingerprint density at radius 1 is 1.35 bits per heavy atom. The first-order chi connectivity index (χ1) is 11.2. The van der Waals surface area contributed by atoms with E-state index < -0.39 is 6.10 Å². The zero-order valence-corrected chi connectivity index (χ0v) is 13.6. The third kappa shape index (κ3) is 4.33. The number of aromatic amines is 1. The van der Waals surface area contributed by atoms with E-state index in [0.29, 0.717) is 19.1 Å². The van der Waals surface area contributed by atoms with Gasteiger partial charge in [0.25, 0.3) is 0 Å². The van der Waals surface area contributed by atoms with E-state index in [9.17, 15) is 5.11 Å². The van der Waals surface area contributed by atoms with Crippen LogP contribution in [0.4, 0.5) is 0 Å². The molecule has 0 aliphatic carbocycles. The first kappa shape index (κ1) is 16.0. The molecule has 1 saturated heterocycles. The Morgan fingerprint density at radius 2 is 2.13 bits per heavy atom. The Balaban J connectivity index is 1.41. The number of rotatable bonds is 6. The first-order valence-corrected chi connectivity index (χ1v) is 8.30. The number of hydrogen-bond donors (Lipinski definition) is 2. The molecule has 0 spiro atoms. The van der Waals surface area contributed by atoms with E-state index in [4.69, 9.17) is 4.74 Å². The van der Waals surface area contributed by atoms with Gasteiger partial charge < -0.3 is 14.7 Å². The Hall–Kier alpha value is -1.85.